The van der Waals surface area contributed by atoms with E-state index in [1.54, 1.807) is 0 Å². The Morgan fingerprint density at radius 2 is 2.12 bits per heavy atom. The monoisotopic (exact) mass is 236 g/mol. The van der Waals surface area contributed by atoms with Gasteiger partial charge in [-0.3, -0.25) is 9.80 Å². The van der Waals surface area contributed by atoms with Gasteiger partial charge in [-0.15, -0.1) is 0 Å². The molecule has 1 aliphatic carbocycles. The summed E-state index contributed by atoms with van der Waals surface area (Å²) in [4.78, 5) is 12.3. The van der Waals surface area contributed by atoms with Gasteiger partial charge in [-0.05, 0) is 40.5 Å². The second-order valence-corrected chi connectivity index (χ2v) is 5.59. The van der Waals surface area contributed by atoms with E-state index in [2.05, 4.69) is 13.0 Å². The predicted molar refractivity (Wildman–Crippen MR) is 71.0 cm³/mol. The average molecular weight is 236 g/mol. The van der Waals surface area contributed by atoms with Crippen LogP contribution in [-0.2, 0) is 4.79 Å². The standard InChI is InChI=1S/C14H24N2O/c1-6-14(4,5)16(15)13(17)12-8-10(2)7-11(3)9-12/h7-8,12H,6,9,15H2,1-5H3. The zero-order valence-electron chi connectivity index (χ0n) is 11.6. The minimum atomic E-state index is -0.284. The van der Waals surface area contributed by atoms with Crippen molar-refractivity contribution in [2.75, 3.05) is 0 Å². The number of carbonyl (C=O) groups excluding carboxylic acids is 1. The smallest absolute Gasteiger partial charge is 0.244 e. The molecule has 2 N–H and O–H groups in total. The minimum Gasteiger partial charge on any atom is -0.275 e. The predicted octanol–water partition coefficient (Wildman–Crippen LogP) is 2.79. The van der Waals surface area contributed by atoms with Crippen molar-refractivity contribution < 1.29 is 4.79 Å². The van der Waals surface area contributed by atoms with Crippen LogP contribution in [0.2, 0.25) is 0 Å². The molecule has 0 spiro atoms. The summed E-state index contributed by atoms with van der Waals surface area (Å²) in [5, 5.41) is 1.40. The summed E-state index contributed by atoms with van der Waals surface area (Å²) in [7, 11) is 0. The van der Waals surface area contributed by atoms with Gasteiger partial charge < -0.3 is 0 Å². The lowest BCUT2D eigenvalue weighted by Gasteiger charge is -2.36. The number of amides is 1. The van der Waals surface area contributed by atoms with Gasteiger partial charge in [0.1, 0.15) is 0 Å². The molecule has 3 nitrogen and oxygen atoms in total. The van der Waals surface area contributed by atoms with E-state index in [0.717, 1.165) is 18.4 Å². The van der Waals surface area contributed by atoms with Gasteiger partial charge in [0.2, 0.25) is 5.91 Å². The molecule has 0 saturated carbocycles. The maximum atomic E-state index is 12.3. The second-order valence-electron chi connectivity index (χ2n) is 5.59. The molecular formula is C14H24N2O. The van der Waals surface area contributed by atoms with Crippen LogP contribution >= 0.6 is 0 Å². The van der Waals surface area contributed by atoms with Crippen molar-refractivity contribution in [1.82, 2.24) is 5.01 Å². The first-order chi connectivity index (χ1) is 7.77. The molecule has 0 saturated heterocycles. The molecule has 0 aromatic heterocycles. The molecule has 0 aliphatic heterocycles. The highest BCUT2D eigenvalue weighted by molar-refractivity contribution is 5.81. The van der Waals surface area contributed by atoms with Crippen LogP contribution in [0.5, 0.6) is 0 Å². The van der Waals surface area contributed by atoms with E-state index >= 15 is 0 Å². The fourth-order valence-corrected chi connectivity index (χ4v) is 2.02. The van der Waals surface area contributed by atoms with Crippen LogP contribution in [-0.4, -0.2) is 16.5 Å². The van der Waals surface area contributed by atoms with E-state index in [0.29, 0.717) is 0 Å². The van der Waals surface area contributed by atoms with Gasteiger partial charge in [0, 0.05) is 0 Å². The third kappa shape index (κ3) is 3.19. The molecule has 1 aliphatic rings. The average Bonchev–Trinajstić information content (AvgIpc) is 2.25. The van der Waals surface area contributed by atoms with Crippen LogP contribution in [0, 0.1) is 5.92 Å². The molecule has 0 heterocycles. The lowest BCUT2D eigenvalue weighted by atomic mass is 9.89. The Morgan fingerprint density at radius 1 is 1.53 bits per heavy atom. The zero-order chi connectivity index (χ0) is 13.2. The topological polar surface area (TPSA) is 46.3 Å². The molecule has 3 heteroatoms. The first-order valence-corrected chi connectivity index (χ1v) is 6.22. The molecule has 96 valence electrons. The number of allylic oxidation sites excluding steroid dienone is 3. The number of hydrogen-bond donors (Lipinski definition) is 1. The molecule has 17 heavy (non-hydrogen) atoms. The Hall–Kier alpha value is -1.09. The second kappa shape index (κ2) is 5.05. The Labute approximate surface area is 104 Å². The molecule has 0 aromatic carbocycles. The fourth-order valence-electron chi connectivity index (χ4n) is 2.02. The molecule has 0 radical (unpaired) electrons. The fraction of sp³-hybridized carbons (Fsp3) is 0.643. The van der Waals surface area contributed by atoms with E-state index in [1.807, 2.05) is 33.8 Å². The molecule has 1 unspecified atom stereocenters. The molecule has 0 aromatic rings. The van der Waals surface area contributed by atoms with E-state index in [-0.39, 0.29) is 17.4 Å². The first kappa shape index (κ1) is 14.0. The normalized spacial score (nSPS) is 20.7. The Morgan fingerprint density at radius 3 is 2.59 bits per heavy atom. The third-order valence-electron chi connectivity index (χ3n) is 3.55. The molecule has 1 rings (SSSR count). The summed E-state index contributed by atoms with van der Waals surface area (Å²) in [5.74, 6) is 5.88. The summed E-state index contributed by atoms with van der Waals surface area (Å²) < 4.78 is 0. The van der Waals surface area contributed by atoms with E-state index in [9.17, 15) is 4.79 Å². The van der Waals surface area contributed by atoms with Gasteiger partial charge in [0.15, 0.2) is 0 Å². The molecule has 1 atom stereocenters. The van der Waals surface area contributed by atoms with Crippen molar-refractivity contribution in [1.29, 1.82) is 0 Å². The van der Waals surface area contributed by atoms with Gasteiger partial charge >= 0.3 is 0 Å². The van der Waals surface area contributed by atoms with Crippen molar-refractivity contribution in [2.24, 2.45) is 11.8 Å². The Bertz CT molecular complexity index is 366. The van der Waals surface area contributed by atoms with Gasteiger partial charge in [-0.25, -0.2) is 5.84 Å². The molecule has 0 bridgehead atoms. The van der Waals surface area contributed by atoms with Gasteiger partial charge in [0.25, 0.3) is 0 Å². The number of rotatable bonds is 3. The summed E-state index contributed by atoms with van der Waals surface area (Å²) in [5.41, 5.74) is 2.11. The van der Waals surface area contributed by atoms with Crippen molar-refractivity contribution in [3.63, 3.8) is 0 Å². The maximum absolute atomic E-state index is 12.3. The van der Waals surface area contributed by atoms with Crippen LogP contribution < -0.4 is 5.84 Å². The van der Waals surface area contributed by atoms with Crippen molar-refractivity contribution in [3.8, 4) is 0 Å². The van der Waals surface area contributed by atoms with Crippen molar-refractivity contribution in [2.45, 2.75) is 53.0 Å². The Kier molecular flexibility index (Phi) is 4.15. The molecule has 1 amide bonds. The maximum Gasteiger partial charge on any atom is 0.244 e. The SMILES string of the molecule is CCC(C)(C)N(N)C(=O)C1C=C(C)C=C(C)C1. The number of carbonyl (C=O) groups is 1. The number of nitrogens with zero attached hydrogens (tertiary/aromatic N) is 1. The highest BCUT2D eigenvalue weighted by atomic mass is 16.2. The van der Waals surface area contributed by atoms with Crippen LogP contribution in [0.4, 0.5) is 0 Å². The largest absolute Gasteiger partial charge is 0.275 e. The van der Waals surface area contributed by atoms with Crippen LogP contribution in [0.3, 0.4) is 0 Å². The van der Waals surface area contributed by atoms with Crippen LogP contribution in [0.25, 0.3) is 0 Å². The van der Waals surface area contributed by atoms with E-state index < -0.39 is 0 Å². The highest BCUT2D eigenvalue weighted by Crippen LogP contribution is 2.26. The highest BCUT2D eigenvalue weighted by Gasteiger charge is 2.31. The molecule has 0 fully saturated rings. The minimum absolute atomic E-state index is 0.0173. The number of hydrazine groups is 1. The van der Waals surface area contributed by atoms with E-state index in [1.165, 1.54) is 10.6 Å². The van der Waals surface area contributed by atoms with Gasteiger partial charge in [0.05, 0.1) is 11.5 Å². The number of nitrogens with two attached hydrogens (primary N) is 1. The number of hydrogen-bond acceptors (Lipinski definition) is 2. The van der Waals surface area contributed by atoms with Crippen molar-refractivity contribution in [3.05, 3.63) is 23.3 Å². The van der Waals surface area contributed by atoms with Crippen LogP contribution in [0.1, 0.15) is 47.5 Å². The Balaban J connectivity index is 2.82. The lowest BCUT2D eigenvalue weighted by Crippen LogP contribution is -2.54. The van der Waals surface area contributed by atoms with E-state index in [4.69, 9.17) is 5.84 Å². The van der Waals surface area contributed by atoms with Crippen molar-refractivity contribution >= 4 is 5.91 Å². The molecular weight excluding hydrogens is 212 g/mol. The first-order valence-electron chi connectivity index (χ1n) is 6.22. The van der Waals surface area contributed by atoms with Gasteiger partial charge in [-0.1, -0.05) is 30.2 Å². The summed E-state index contributed by atoms with van der Waals surface area (Å²) >= 11 is 0. The summed E-state index contributed by atoms with van der Waals surface area (Å²) in [6.45, 7) is 10.1. The summed E-state index contributed by atoms with van der Waals surface area (Å²) in [6, 6.07) is 0. The quantitative estimate of drug-likeness (QED) is 0.465. The van der Waals surface area contributed by atoms with Gasteiger partial charge in [-0.2, -0.15) is 0 Å². The van der Waals surface area contributed by atoms with Crippen LogP contribution in [0.15, 0.2) is 23.3 Å². The zero-order valence-corrected chi connectivity index (χ0v) is 11.6. The third-order valence-corrected chi connectivity index (χ3v) is 3.55. The summed E-state index contributed by atoms with van der Waals surface area (Å²) in [6.07, 6.45) is 5.76. The lowest BCUT2D eigenvalue weighted by molar-refractivity contribution is -0.140.